The van der Waals surface area contributed by atoms with Crippen LogP contribution in [0.25, 0.3) is 0 Å². The van der Waals surface area contributed by atoms with Gasteiger partial charge >= 0.3 is 0 Å². The maximum Gasteiger partial charge on any atom is 0.0119 e. The second kappa shape index (κ2) is 11.5. The van der Waals surface area contributed by atoms with E-state index in [4.69, 9.17) is 0 Å². The van der Waals surface area contributed by atoms with Crippen LogP contribution in [0.2, 0.25) is 0 Å². The highest BCUT2D eigenvalue weighted by atomic mass is 15.2. The first kappa shape index (κ1) is 21.0. The second-order valence-corrected chi connectivity index (χ2v) is 7.78. The highest BCUT2D eigenvalue weighted by Crippen LogP contribution is 2.34. The molecule has 0 unspecified atom stereocenters. The van der Waals surface area contributed by atoms with Crippen molar-refractivity contribution in [3.63, 3.8) is 0 Å². The van der Waals surface area contributed by atoms with Crippen LogP contribution < -0.4 is 0 Å². The van der Waals surface area contributed by atoms with Crippen LogP contribution in [-0.4, -0.2) is 48.6 Å². The van der Waals surface area contributed by atoms with E-state index >= 15 is 0 Å². The monoisotopic (exact) mass is 324 g/mol. The highest BCUT2D eigenvalue weighted by molar-refractivity contribution is 4.82. The fourth-order valence-electron chi connectivity index (χ4n) is 4.61. The van der Waals surface area contributed by atoms with Crippen LogP contribution in [0.5, 0.6) is 0 Å². The maximum absolute atomic E-state index is 2.76. The Kier molecular flexibility index (Phi) is 10.5. The van der Waals surface area contributed by atoms with E-state index in [1.54, 1.807) is 0 Å². The van der Waals surface area contributed by atoms with Gasteiger partial charge in [0.05, 0.1) is 0 Å². The molecule has 1 saturated heterocycles. The Morgan fingerprint density at radius 1 is 0.870 bits per heavy atom. The minimum atomic E-state index is 0.855. The SMILES string of the molecule is CC.CCN(CC)C1CCN(CC2CCC(C(C)C)CC2)CC1. The number of piperidine rings is 1. The van der Waals surface area contributed by atoms with Gasteiger partial charge in [-0.25, -0.2) is 0 Å². The molecule has 2 fully saturated rings. The summed E-state index contributed by atoms with van der Waals surface area (Å²) in [5.74, 6) is 2.90. The average molecular weight is 325 g/mol. The lowest BCUT2D eigenvalue weighted by Crippen LogP contribution is -2.46. The lowest BCUT2D eigenvalue weighted by molar-refractivity contribution is 0.0938. The third-order valence-corrected chi connectivity index (χ3v) is 6.24. The molecule has 0 aromatic carbocycles. The van der Waals surface area contributed by atoms with Crippen molar-refractivity contribution in [1.82, 2.24) is 9.80 Å². The third-order valence-electron chi connectivity index (χ3n) is 6.24. The van der Waals surface area contributed by atoms with Crippen LogP contribution in [0.1, 0.15) is 80.1 Å². The molecule has 2 aliphatic rings. The van der Waals surface area contributed by atoms with Crippen LogP contribution in [0, 0.1) is 17.8 Å². The van der Waals surface area contributed by atoms with E-state index in [2.05, 4.69) is 37.5 Å². The quantitative estimate of drug-likeness (QED) is 0.655. The zero-order valence-corrected chi connectivity index (χ0v) is 17.0. The Morgan fingerprint density at radius 3 is 1.83 bits per heavy atom. The molecule has 0 atom stereocenters. The van der Waals surface area contributed by atoms with Crippen molar-refractivity contribution in [3.8, 4) is 0 Å². The van der Waals surface area contributed by atoms with Gasteiger partial charge in [0.25, 0.3) is 0 Å². The number of hydrogen-bond donors (Lipinski definition) is 0. The first-order valence-electron chi connectivity index (χ1n) is 10.6. The van der Waals surface area contributed by atoms with Crippen LogP contribution in [0.4, 0.5) is 0 Å². The van der Waals surface area contributed by atoms with Gasteiger partial charge in [0.1, 0.15) is 0 Å². The van der Waals surface area contributed by atoms with E-state index in [1.807, 2.05) is 13.8 Å². The molecule has 0 amide bonds. The Hall–Kier alpha value is -0.0800. The molecule has 1 aliphatic heterocycles. The molecule has 2 rings (SSSR count). The van der Waals surface area contributed by atoms with Gasteiger partial charge in [-0.3, -0.25) is 0 Å². The van der Waals surface area contributed by atoms with Crippen LogP contribution >= 0.6 is 0 Å². The number of rotatable bonds is 6. The minimum Gasteiger partial charge on any atom is -0.303 e. The lowest BCUT2D eigenvalue weighted by atomic mass is 9.77. The topological polar surface area (TPSA) is 6.48 Å². The van der Waals surface area contributed by atoms with Crippen molar-refractivity contribution in [2.24, 2.45) is 17.8 Å². The summed E-state index contributed by atoms with van der Waals surface area (Å²) in [5.41, 5.74) is 0. The average Bonchev–Trinajstić information content (AvgIpc) is 2.60. The lowest BCUT2D eigenvalue weighted by Gasteiger charge is -2.40. The summed E-state index contributed by atoms with van der Waals surface area (Å²) in [7, 11) is 0. The van der Waals surface area contributed by atoms with E-state index in [0.717, 1.165) is 23.8 Å². The summed E-state index contributed by atoms with van der Waals surface area (Å²) in [5, 5.41) is 0. The molecule has 2 heteroatoms. The molecule has 2 nitrogen and oxygen atoms in total. The molecule has 0 bridgehead atoms. The van der Waals surface area contributed by atoms with Crippen LogP contribution in [-0.2, 0) is 0 Å². The first-order valence-corrected chi connectivity index (χ1v) is 10.6. The number of likely N-dealkylation sites (tertiary alicyclic amines) is 1. The normalized spacial score (nSPS) is 27.1. The van der Waals surface area contributed by atoms with Crippen LogP contribution in [0.15, 0.2) is 0 Å². The molecule has 23 heavy (non-hydrogen) atoms. The second-order valence-electron chi connectivity index (χ2n) is 7.78. The number of nitrogens with zero attached hydrogens (tertiary/aromatic N) is 2. The van der Waals surface area contributed by atoms with Gasteiger partial charge in [-0.05, 0) is 82.5 Å². The summed E-state index contributed by atoms with van der Waals surface area (Å²) in [6.45, 7) is 19.9. The fraction of sp³-hybridized carbons (Fsp3) is 1.00. The van der Waals surface area contributed by atoms with Gasteiger partial charge in [0.15, 0.2) is 0 Å². The predicted octanol–water partition coefficient (Wildman–Crippen LogP) is 5.28. The Morgan fingerprint density at radius 2 is 1.39 bits per heavy atom. The van der Waals surface area contributed by atoms with E-state index in [1.165, 1.54) is 71.2 Å². The largest absolute Gasteiger partial charge is 0.303 e. The van der Waals surface area contributed by atoms with Gasteiger partial charge in [-0.2, -0.15) is 0 Å². The Balaban J connectivity index is 0.00000127. The molecular weight excluding hydrogens is 280 g/mol. The number of hydrogen-bond acceptors (Lipinski definition) is 2. The van der Waals surface area contributed by atoms with E-state index in [0.29, 0.717) is 0 Å². The van der Waals surface area contributed by atoms with Crippen molar-refractivity contribution < 1.29 is 0 Å². The molecule has 1 aliphatic carbocycles. The van der Waals surface area contributed by atoms with Gasteiger partial charge in [0, 0.05) is 12.6 Å². The van der Waals surface area contributed by atoms with Crippen molar-refractivity contribution in [2.75, 3.05) is 32.7 Å². The summed E-state index contributed by atoms with van der Waals surface area (Å²) in [4.78, 5) is 5.42. The maximum atomic E-state index is 2.76. The van der Waals surface area contributed by atoms with Gasteiger partial charge in [-0.15, -0.1) is 0 Å². The molecule has 0 aromatic rings. The summed E-state index contributed by atoms with van der Waals surface area (Å²) >= 11 is 0. The highest BCUT2D eigenvalue weighted by Gasteiger charge is 2.27. The third kappa shape index (κ3) is 6.74. The minimum absolute atomic E-state index is 0.855. The van der Waals surface area contributed by atoms with Crippen molar-refractivity contribution in [3.05, 3.63) is 0 Å². The van der Waals surface area contributed by atoms with Gasteiger partial charge < -0.3 is 9.80 Å². The van der Waals surface area contributed by atoms with Crippen LogP contribution in [0.3, 0.4) is 0 Å². The molecule has 1 saturated carbocycles. The smallest absolute Gasteiger partial charge is 0.0119 e. The molecule has 1 heterocycles. The molecular formula is C21H44N2. The predicted molar refractivity (Wildman–Crippen MR) is 104 cm³/mol. The molecule has 0 N–H and O–H groups in total. The molecule has 138 valence electrons. The zero-order chi connectivity index (χ0) is 17.2. The Labute approximate surface area is 147 Å². The first-order chi connectivity index (χ1) is 11.1. The zero-order valence-electron chi connectivity index (χ0n) is 17.0. The van der Waals surface area contributed by atoms with E-state index in [-0.39, 0.29) is 0 Å². The standard InChI is InChI=1S/C19H38N2.C2H6/c1-5-21(6-2)19-11-13-20(14-12-19)15-17-7-9-18(10-8-17)16(3)4;1-2/h16-19H,5-15H2,1-4H3;1-2H3. The van der Waals surface area contributed by atoms with Gasteiger partial charge in [-0.1, -0.05) is 41.5 Å². The van der Waals surface area contributed by atoms with Crippen molar-refractivity contribution in [1.29, 1.82) is 0 Å². The summed E-state index contributed by atoms with van der Waals surface area (Å²) < 4.78 is 0. The van der Waals surface area contributed by atoms with Crippen molar-refractivity contribution in [2.45, 2.75) is 86.1 Å². The van der Waals surface area contributed by atoms with Gasteiger partial charge in [0.2, 0.25) is 0 Å². The molecule has 0 radical (unpaired) electrons. The van der Waals surface area contributed by atoms with Crippen molar-refractivity contribution >= 4 is 0 Å². The van der Waals surface area contributed by atoms with E-state index < -0.39 is 0 Å². The fourth-order valence-corrected chi connectivity index (χ4v) is 4.61. The summed E-state index contributed by atoms with van der Waals surface area (Å²) in [6.07, 6.45) is 8.72. The molecule has 0 spiro atoms. The summed E-state index contributed by atoms with van der Waals surface area (Å²) in [6, 6.07) is 0.855. The molecule has 0 aromatic heterocycles. The Bertz CT molecular complexity index is 270. The van der Waals surface area contributed by atoms with E-state index in [9.17, 15) is 0 Å².